The number of nitrogens with zero attached hydrogens (tertiary/aromatic N) is 3. The van der Waals surface area contributed by atoms with E-state index in [-0.39, 0.29) is 24.5 Å². The lowest BCUT2D eigenvalue weighted by Crippen LogP contribution is -2.55. The van der Waals surface area contributed by atoms with Crippen LogP contribution in [0.2, 0.25) is 0 Å². The highest BCUT2D eigenvalue weighted by atomic mass is 16.5. The molecule has 0 spiro atoms. The van der Waals surface area contributed by atoms with E-state index in [9.17, 15) is 19.2 Å². The molecule has 3 amide bonds. The lowest BCUT2D eigenvalue weighted by Gasteiger charge is -2.35. The summed E-state index contributed by atoms with van der Waals surface area (Å²) in [6.07, 6.45) is 3.52. The van der Waals surface area contributed by atoms with Gasteiger partial charge >= 0.3 is 11.8 Å². The van der Waals surface area contributed by atoms with Crippen molar-refractivity contribution < 1.29 is 28.7 Å². The van der Waals surface area contributed by atoms with Gasteiger partial charge in [0.2, 0.25) is 5.91 Å². The standard InChI is InChI=1S/C25H35N3O6/c1-2-3-4-17-34-21-7-5-20(6-8-21)22(29)9-10-23(30)26-11-13-27(14-12-26)24(31)25(32)28-15-18-33-19-16-28/h5-8H,2-4,9-19H2,1H3. The van der Waals surface area contributed by atoms with Crippen molar-refractivity contribution >= 4 is 23.5 Å². The largest absolute Gasteiger partial charge is 0.494 e. The van der Waals surface area contributed by atoms with Crippen molar-refractivity contribution in [2.45, 2.75) is 39.0 Å². The van der Waals surface area contributed by atoms with Crippen LogP contribution in [-0.2, 0) is 19.1 Å². The number of Topliss-reactive ketones (excluding diaryl/α,β-unsaturated/α-hetero) is 1. The van der Waals surface area contributed by atoms with Crippen LogP contribution in [0.3, 0.4) is 0 Å². The molecule has 9 heteroatoms. The summed E-state index contributed by atoms with van der Waals surface area (Å²) in [5.74, 6) is -0.497. The smallest absolute Gasteiger partial charge is 0.312 e. The maximum absolute atomic E-state index is 12.6. The van der Waals surface area contributed by atoms with Crippen LogP contribution in [0, 0.1) is 0 Å². The summed E-state index contributed by atoms with van der Waals surface area (Å²) in [7, 11) is 0. The number of ether oxygens (including phenoxy) is 2. The van der Waals surface area contributed by atoms with E-state index in [2.05, 4.69) is 6.92 Å². The molecule has 0 aromatic heterocycles. The van der Waals surface area contributed by atoms with Gasteiger partial charge in [-0.15, -0.1) is 0 Å². The number of hydrogen-bond acceptors (Lipinski definition) is 6. The number of amides is 3. The van der Waals surface area contributed by atoms with E-state index in [1.54, 1.807) is 29.2 Å². The Hall–Kier alpha value is -2.94. The van der Waals surface area contributed by atoms with Crippen molar-refractivity contribution in [3.8, 4) is 5.75 Å². The molecule has 2 saturated heterocycles. The number of hydrogen-bond donors (Lipinski definition) is 0. The van der Waals surface area contributed by atoms with Crippen LogP contribution in [-0.4, -0.2) is 97.3 Å². The quantitative estimate of drug-likeness (QED) is 0.308. The van der Waals surface area contributed by atoms with Gasteiger partial charge in [0.25, 0.3) is 0 Å². The van der Waals surface area contributed by atoms with Gasteiger partial charge < -0.3 is 24.2 Å². The molecule has 3 rings (SSSR count). The highest BCUT2D eigenvalue weighted by Crippen LogP contribution is 2.15. The van der Waals surface area contributed by atoms with E-state index in [0.717, 1.165) is 25.0 Å². The Kier molecular flexibility index (Phi) is 9.88. The molecular weight excluding hydrogens is 438 g/mol. The van der Waals surface area contributed by atoms with Gasteiger partial charge in [-0.1, -0.05) is 19.8 Å². The van der Waals surface area contributed by atoms with Crippen molar-refractivity contribution in [2.75, 3.05) is 59.1 Å². The first kappa shape index (κ1) is 25.7. The third-order valence-electron chi connectivity index (χ3n) is 6.16. The van der Waals surface area contributed by atoms with Crippen molar-refractivity contribution in [2.24, 2.45) is 0 Å². The van der Waals surface area contributed by atoms with Crippen molar-refractivity contribution in [1.29, 1.82) is 0 Å². The normalized spacial score (nSPS) is 16.3. The van der Waals surface area contributed by atoms with E-state index in [4.69, 9.17) is 9.47 Å². The van der Waals surface area contributed by atoms with E-state index < -0.39 is 11.8 Å². The summed E-state index contributed by atoms with van der Waals surface area (Å²) >= 11 is 0. The lowest BCUT2D eigenvalue weighted by atomic mass is 10.1. The fourth-order valence-corrected chi connectivity index (χ4v) is 4.00. The minimum Gasteiger partial charge on any atom is -0.494 e. The van der Waals surface area contributed by atoms with Crippen LogP contribution in [0.1, 0.15) is 49.4 Å². The second kappa shape index (κ2) is 13.1. The van der Waals surface area contributed by atoms with Crippen molar-refractivity contribution in [3.63, 3.8) is 0 Å². The summed E-state index contributed by atoms with van der Waals surface area (Å²) in [5, 5.41) is 0. The first-order valence-electron chi connectivity index (χ1n) is 12.2. The minimum absolute atomic E-state index is 0.0872. The lowest BCUT2D eigenvalue weighted by molar-refractivity contribution is -0.155. The zero-order valence-corrected chi connectivity index (χ0v) is 20.0. The van der Waals surface area contributed by atoms with Crippen molar-refractivity contribution in [1.82, 2.24) is 14.7 Å². The summed E-state index contributed by atoms with van der Waals surface area (Å²) in [5.41, 5.74) is 0.561. The maximum atomic E-state index is 12.6. The van der Waals surface area contributed by atoms with Gasteiger partial charge in [-0.2, -0.15) is 0 Å². The van der Waals surface area contributed by atoms with Gasteiger partial charge in [-0.3, -0.25) is 19.2 Å². The van der Waals surface area contributed by atoms with Crippen LogP contribution in [0.15, 0.2) is 24.3 Å². The Morgan fingerprint density at radius 2 is 1.38 bits per heavy atom. The van der Waals surface area contributed by atoms with Crippen LogP contribution >= 0.6 is 0 Å². The Labute approximate surface area is 201 Å². The SMILES string of the molecule is CCCCCOc1ccc(C(=O)CCC(=O)N2CCN(C(=O)C(=O)N3CCOCC3)CC2)cc1. The number of piperazine rings is 1. The topological polar surface area (TPSA) is 96.5 Å². The Morgan fingerprint density at radius 3 is 2.00 bits per heavy atom. The Morgan fingerprint density at radius 1 is 0.794 bits per heavy atom. The van der Waals surface area contributed by atoms with Crippen molar-refractivity contribution in [3.05, 3.63) is 29.8 Å². The van der Waals surface area contributed by atoms with Gasteiger partial charge in [0, 0.05) is 57.7 Å². The molecule has 0 N–H and O–H groups in total. The molecular formula is C25H35N3O6. The molecule has 2 fully saturated rings. The van der Waals surface area contributed by atoms with Crippen LogP contribution < -0.4 is 4.74 Å². The molecule has 9 nitrogen and oxygen atoms in total. The number of rotatable bonds is 9. The summed E-state index contributed by atoms with van der Waals surface area (Å²) < 4.78 is 10.9. The predicted molar refractivity (Wildman–Crippen MR) is 126 cm³/mol. The molecule has 0 aliphatic carbocycles. The van der Waals surface area contributed by atoms with Gasteiger partial charge in [0.05, 0.1) is 19.8 Å². The molecule has 34 heavy (non-hydrogen) atoms. The van der Waals surface area contributed by atoms with E-state index in [1.165, 1.54) is 9.80 Å². The van der Waals surface area contributed by atoms with E-state index >= 15 is 0 Å². The van der Waals surface area contributed by atoms with Crippen LogP contribution in [0.5, 0.6) is 5.75 Å². The highest BCUT2D eigenvalue weighted by molar-refractivity contribution is 6.34. The van der Waals surface area contributed by atoms with Gasteiger partial charge in [0.15, 0.2) is 5.78 Å². The summed E-state index contributed by atoms with van der Waals surface area (Å²) in [6.45, 7) is 5.88. The third kappa shape index (κ3) is 7.28. The zero-order valence-electron chi connectivity index (χ0n) is 20.0. The first-order valence-corrected chi connectivity index (χ1v) is 12.2. The number of ketones is 1. The maximum Gasteiger partial charge on any atom is 0.312 e. The van der Waals surface area contributed by atoms with Gasteiger partial charge in [-0.05, 0) is 30.7 Å². The second-order valence-electron chi connectivity index (χ2n) is 8.58. The fraction of sp³-hybridized carbons (Fsp3) is 0.600. The summed E-state index contributed by atoms with van der Waals surface area (Å²) in [6, 6.07) is 7.04. The monoisotopic (exact) mass is 473 g/mol. The molecule has 186 valence electrons. The third-order valence-corrected chi connectivity index (χ3v) is 6.16. The predicted octanol–water partition coefficient (Wildman–Crippen LogP) is 1.75. The number of carbonyl (C=O) groups excluding carboxylic acids is 4. The number of benzene rings is 1. The number of unbranched alkanes of at least 4 members (excludes halogenated alkanes) is 2. The average Bonchev–Trinajstić information content (AvgIpc) is 2.89. The summed E-state index contributed by atoms with van der Waals surface area (Å²) in [4.78, 5) is 54.6. The zero-order chi connectivity index (χ0) is 24.3. The van der Waals surface area contributed by atoms with Crippen LogP contribution in [0.25, 0.3) is 0 Å². The fourth-order valence-electron chi connectivity index (χ4n) is 4.00. The molecule has 2 aliphatic heterocycles. The Balaban J connectivity index is 1.38. The molecule has 1 aromatic rings. The molecule has 2 aliphatic rings. The van der Waals surface area contributed by atoms with E-state index in [1.807, 2.05) is 0 Å². The highest BCUT2D eigenvalue weighted by Gasteiger charge is 2.31. The molecule has 0 atom stereocenters. The Bertz CT molecular complexity index is 843. The van der Waals surface area contributed by atoms with Gasteiger partial charge in [0.1, 0.15) is 5.75 Å². The molecule has 0 unspecified atom stereocenters. The van der Waals surface area contributed by atoms with Gasteiger partial charge in [-0.25, -0.2) is 0 Å². The van der Waals surface area contributed by atoms with Crippen LogP contribution in [0.4, 0.5) is 0 Å². The molecule has 1 aromatic carbocycles. The number of carbonyl (C=O) groups is 4. The number of morpholine rings is 1. The van der Waals surface area contributed by atoms with E-state index in [0.29, 0.717) is 64.7 Å². The molecule has 2 heterocycles. The first-order chi connectivity index (χ1) is 16.5. The molecule has 0 radical (unpaired) electrons. The molecule has 0 saturated carbocycles. The average molecular weight is 474 g/mol. The molecule has 0 bridgehead atoms. The minimum atomic E-state index is -0.526. The second-order valence-corrected chi connectivity index (χ2v) is 8.58.